The molecule has 1 aromatic rings. The SMILES string of the molecule is C[CH2][Hg][c]1cccc(C(=O)S)c1O.[H-].[Na+]. The van der Waals surface area contributed by atoms with Crippen molar-refractivity contribution in [1.82, 2.24) is 0 Å². The Morgan fingerprint density at radius 3 is 2.79 bits per heavy atom. The maximum atomic E-state index is 11.0. The van der Waals surface area contributed by atoms with Crippen molar-refractivity contribution < 1.29 is 65.5 Å². The molecule has 0 heterocycles. The molecule has 0 bridgehead atoms. The van der Waals surface area contributed by atoms with Gasteiger partial charge in [-0.15, -0.1) is 0 Å². The van der Waals surface area contributed by atoms with Gasteiger partial charge in [-0.2, -0.15) is 0 Å². The van der Waals surface area contributed by atoms with E-state index in [1.807, 2.05) is 12.1 Å². The second-order valence-electron chi connectivity index (χ2n) is 2.87. The Balaban J connectivity index is 0. The molecule has 1 rings (SSSR count). The van der Waals surface area contributed by atoms with E-state index in [1.165, 1.54) is 0 Å². The Morgan fingerprint density at radius 1 is 1.64 bits per heavy atom. The van der Waals surface area contributed by atoms with Gasteiger partial charge in [0.25, 0.3) is 0 Å². The number of phenols is 1. The van der Waals surface area contributed by atoms with Gasteiger partial charge in [0.2, 0.25) is 0 Å². The van der Waals surface area contributed by atoms with Crippen LogP contribution in [-0.4, -0.2) is 10.2 Å². The monoisotopic (exact) mass is 408 g/mol. The van der Waals surface area contributed by atoms with Crippen molar-refractivity contribution >= 4 is 20.8 Å². The first-order chi connectivity index (χ1) is 6.16. The summed E-state index contributed by atoms with van der Waals surface area (Å²) in [7, 11) is 0. The Hall–Kier alpha value is 0.975. The van der Waals surface area contributed by atoms with E-state index in [-0.39, 0.29) is 41.8 Å². The van der Waals surface area contributed by atoms with Crippen LogP contribution in [0.5, 0.6) is 5.75 Å². The number of carbonyl (C=O) groups excluding carboxylic acids is 1. The predicted octanol–water partition coefficient (Wildman–Crippen LogP) is -1.28. The third-order valence-corrected chi connectivity index (χ3v) is 8.37. The van der Waals surface area contributed by atoms with Crippen molar-refractivity contribution in [3.63, 3.8) is 0 Å². The van der Waals surface area contributed by atoms with E-state index < -0.39 is 24.6 Å². The van der Waals surface area contributed by atoms with Crippen LogP contribution in [0.2, 0.25) is 3.93 Å². The zero-order valence-electron chi connectivity index (χ0n) is 9.45. The normalized spacial score (nSPS) is 8.71. The summed E-state index contributed by atoms with van der Waals surface area (Å²) in [6.07, 6.45) is 0. The minimum Gasteiger partial charge on any atom is -1.00 e. The molecule has 14 heavy (non-hydrogen) atoms. The van der Waals surface area contributed by atoms with Crippen molar-refractivity contribution in [2.45, 2.75) is 10.9 Å². The van der Waals surface area contributed by atoms with E-state index in [1.54, 1.807) is 6.07 Å². The molecular formula is C9H11HgNaO2S. The van der Waals surface area contributed by atoms with Gasteiger partial charge < -0.3 is 1.43 Å². The summed E-state index contributed by atoms with van der Waals surface area (Å²) in [5, 5.41) is 9.32. The molecule has 0 aliphatic carbocycles. The molecule has 68 valence electrons. The number of hydrogen-bond donors (Lipinski definition) is 2. The van der Waals surface area contributed by atoms with Gasteiger partial charge >= 0.3 is 125 Å². The van der Waals surface area contributed by atoms with Crippen LogP contribution < -0.4 is 32.6 Å². The van der Waals surface area contributed by atoms with Gasteiger partial charge in [0.05, 0.1) is 0 Å². The number of hydrogen-bond acceptors (Lipinski definition) is 2. The van der Waals surface area contributed by atoms with Crippen LogP contribution in [0.3, 0.4) is 0 Å². The smallest absolute Gasteiger partial charge is 1.00 e. The fourth-order valence-corrected chi connectivity index (χ4v) is 6.35. The first-order valence-electron chi connectivity index (χ1n) is 4.21. The van der Waals surface area contributed by atoms with Crippen LogP contribution >= 0.6 is 12.6 Å². The first kappa shape index (κ1) is 15.0. The van der Waals surface area contributed by atoms with Gasteiger partial charge in [-0.25, -0.2) is 0 Å². The van der Waals surface area contributed by atoms with Crippen LogP contribution in [0.15, 0.2) is 18.2 Å². The molecule has 0 radical (unpaired) electrons. The second kappa shape index (κ2) is 7.28. The average molecular weight is 407 g/mol. The van der Waals surface area contributed by atoms with Crippen LogP contribution in [0.4, 0.5) is 0 Å². The van der Waals surface area contributed by atoms with Gasteiger partial charge in [0.15, 0.2) is 0 Å². The molecule has 5 heteroatoms. The van der Waals surface area contributed by atoms with Crippen LogP contribution in [0.25, 0.3) is 0 Å². The molecule has 0 saturated carbocycles. The minimum atomic E-state index is -1.14. The van der Waals surface area contributed by atoms with E-state index in [2.05, 4.69) is 19.6 Å². The van der Waals surface area contributed by atoms with Gasteiger partial charge in [-0.05, 0) is 0 Å². The summed E-state index contributed by atoms with van der Waals surface area (Å²) in [5.74, 6) is 0.172. The number of carbonyl (C=O) groups is 1. The standard InChI is InChI=1S/C7H5O2S.C2H5.Hg.Na.H/c8-6-4-2-1-3-5(6)7(9)10;1-2;;;/h1-3,8H,(H,9,10);1H2,2H3;;;/q;;;+1;-1. The molecule has 0 unspecified atom stereocenters. The van der Waals surface area contributed by atoms with Crippen LogP contribution in [0, 0.1) is 0 Å². The molecular weight excluding hydrogens is 396 g/mol. The fourth-order valence-electron chi connectivity index (χ4n) is 1.23. The third kappa shape index (κ3) is 3.85. The Kier molecular flexibility index (Phi) is 7.79. The van der Waals surface area contributed by atoms with E-state index in [0.29, 0.717) is 5.56 Å². The maximum absolute atomic E-state index is 11.0. The molecule has 0 amide bonds. The second-order valence-corrected chi connectivity index (χ2v) is 12.1. The van der Waals surface area contributed by atoms with E-state index >= 15 is 0 Å². The van der Waals surface area contributed by atoms with Crippen LogP contribution in [-0.2, 0) is 24.6 Å². The molecule has 1 N–H and O–H groups in total. The third-order valence-electron chi connectivity index (χ3n) is 1.87. The Morgan fingerprint density at radius 2 is 2.29 bits per heavy atom. The first-order valence-corrected chi connectivity index (χ1v) is 11.3. The molecule has 0 saturated heterocycles. The Bertz CT molecular complexity index is 336. The number of benzene rings is 1. The molecule has 0 spiro atoms. The van der Waals surface area contributed by atoms with Crippen molar-refractivity contribution in [3.8, 4) is 5.75 Å². The van der Waals surface area contributed by atoms with Gasteiger partial charge in [-0.3, -0.25) is 0 Å². The molecule has 0 atom stereocenters. The minimum absolute atomic E-state index is 0. The predicted molar refractivity (Wildman–Crippen MR) is 52.7 cm³/mol. The molecule has 0 aliphatic heterocycles. The van der Waals surface area contributed by atoms with Crippen LogP contribution in [0.1, 0.15) is 18.7 Å². The van der Waals surface area contributed by atoms with E-state index in [9.17, 15) is 9.90 Å². The molecule has 0 aromatic heterocycles. The van der Waals surface area contributed by atoms with Crippen molar-refractivity contribution in [1.29, 1.82) is 0 Å². The largest absolute Gasteiger partial charge is 1.00 e. The quantitative estimate of drug-likeness (QED) is 0.485. The van der Waals surface area contributed by atoms with Crippen molar-refractivity contribution in [2.75, 3.05) is 0 Å². The number of para-hydroxylation sites is 1. The summed E-state index contributed by atoms with van der Waals surface area (Å²) < 4.78 is 2.19. The topological polar surface area (TPSA) is 37.3 Å². The van der Waals surface area contributed by atoms with E-state index in [0.717, 1.165) is 7.00 Å². The van der Waals surface area contributed by atoms with Gasteiger partial charge in [0.1, 0.15) is 0 Å². The maximum Gasteiger partial charge on any atom is 1.00 e. The Labute approximate surface area is 125 Å². The van der Waals surface area contributed by atoms with E-state index in [4.69, 9.17) is 0 Å². The molecule has 2 nitrogen and oxygen atoms in total. The van der Waals surface area contributed by atoms with Gasteiger partial charge in [0, 0.05) is 0 Å². The van der Waals surface area contributed by atoms with Gasteiger partial charge in [-0.1, -0.05) is 0 Å². The molecule has 0 aliphatic rings. The summed E-state index contributed by atoms with van der Waals surface area (Å²) >= 11 is 2.56. The number of thiol groups is 1. The van der Waals surface area contributed by atoms with Crippen molar-refractivity contribution in [3.05, 3.63) is 23.8 Å². The number of phenolic OH excluding ortho intramolecular Hbond substituents is 1. The summed E-state index contributed by atoms with van der Waals surface area (Å²) in [5.41, 5.74) is 0.342. The fraction of sp³-hybridized carbons (Fsp3) is 0.222. The zero-order valence-corrected chi connectivity index (χ0v) is 16.8. The number of aromatic hydroxyl groups is 1. The molecule has 1 aromatic carbocycles. The zero-order chi connectivity index (χ0) is 9.84. The summed E-state index contributed by atoms with van der Waals surface area (Å²) in [6, 6.07) is 5.34. The number of rotatable bonds is 3. The average Bonchev–Trinajstić information content (AvgIpc) is 2.08. The van der Waals surface area contributed by atoms with Crippen molar-refractivity contribution in [2.24, 2.45) is 0 Å². The summed E-state index contributed by atoms with van der Waals surface area (Å²) in [4.78, 5) is 11.0. The summed E-state index contributed by atoms with van der Waals surface area (Å²) in [6.45, 7) is 2.12. The molecule has 0 fully saturated rings.